The second kappa shape index (κ2) is 8.21. The van der Waals surface area contributed by atoms with Gasteiger partial charge in [0.05, 0.1) is 0 Å². The Morgan fingerprint density at radius 3 is 2.43 bits per heavy atom. The fourth-order valence-electron chi connectivity index (χ4n) is 0.787. The van der Waals surface area contributed by atoms with E-state index in [1.54, 1.807) is 0 Å². The fourth-order valence-corrected chi connectivity index (χ4v) is 0.787. The van der Waals surface area contributed by atoms with E-state index in [1.807, 2.05) is 0 Å². The molecule has 0 saturated carbocycles. The quantitative estimate of drug-likeness (QED) is 0.291. The molecular weight excluding hydrogens is 192 g/mol. The van der Waals surface area contributed by atoms with E-state index >= 15 is 0 Å². The van der Waals surface area contributed by atoms with Crippen LogP contribution in [0.4, 0.5) is 0 Å². The summed E-state index contributed by atoms with van der Waals surface area (Å²) in [5, 5.41) is 15.7. The summed E-state index contributed by atoms with van der Waals surface area (Å²) in [7, 11) is 0. The molecule has 6 nitrogen and oxygen atoms in total. The number of allylic oxidation sites excluding steroid dienone is 1. The molecule has 0 fully saturated rings. The average molecular weight is 204 g/mol. The molecule has 80 valence electrons. The van der Waals surface area contributed by atoms with Gasteiger partial charge in [-0.25, -0.2) is 9.59 Å². The van der Waals surface area contributed by atoms with Gasteiger partial charge in [-0.15, -0.1) is 0 Å². The lowest BCUT2D eigenvalue weighted by Gasteiger charge is -1.94. The second-order valence-corrected chi connectivity index (χ2v) is 2.52. The minimum atomic E-state index is -0.834. The summed E-state index contributed by atoms with van der Waals surface area (Å²) in [5.41, 5.74) is 0. The van der Waals surface area contributed by atoms with Gasteiger partial charge in [0.15, 0.2) is 0 Å². The Morgan fingerprint density at radius 2 is 1.86 bits per heavy atom. The summed E-state index contributed by atoms with van der Waals surface area (Å²) in [6.07, 6.45) is 4.54. The Kier molecular flexibility index (Phi) is 7.39. The third kappa shape index (κ3) is 7.26. The Hall–Kier alpha value is -1.40. The Balaban J connectivity index is 3.33. The highest BCUT2D eigenvalue weighted by Crippen LogP contribution is 2.01. The van der Waals surface area contributed by atoms with Gasteiger partial charge in [-0.1, -0.05) is 6.08 Å². The van der Waals surface area contributed by atoms with Crippen LogP contribution < -0.4 is 0 Å². The number of hydrogen-bond donors (Lipinski definition) is 2. The predicted octanol–water partition coefficient (Wildman–Crippen LogP) is 1.14. The summed E-state index contributed by atoms with van der Waals surface area (Å²) in [6, 6.07) is 0. The highest BCUT2D eigenvalue weighted by molar-refractivity contribution is 5.81. The van der Waals surface area contributed by atoms with Crippen LogP contribution in [0.1, 0.15) is 25.7 Å². The standard InChI is InChI=1S/C8H12O6/c9-7(13-11)5-3-1-2-4-6-8(10)14-12/h3,5,11-12H,1-2,4,6H2. The molecule has 0 aliphatic heterocycles. The van der Waals surface area contributed by atoms with Crippen molar-refractivity contribution in [3.8, 4) is 0 Å². The maximum Gasteiger partial charge on any atom is 0.365 e. The van der Waals surface area contributed by atoms with Crippen molar-refractivity contribution in [3.63, 3.8) is 0 Å². The molecule has 0 atom stereocenters. The van der Waals surface area contributed by atoms with Gasteiger partial charge in [-0.2, -0.15) is 10.5 Å². The van der Waals surface area contributed by atoms with Crippen LogP contribution >= 0.6 is 0 Å². The third-order valence-corrected chi connectivity index (χ3v) is 1.45. The normalized spacial score (nSPS) is 10.1. The maximum absolute atomic E-state index is 10.4. The van der Waals surface area contributed by atoms with E-state index in [-0.39, 0.29) is 6.42 Å². The first-order chi connectivity index (χ1) is 6.70. The number of carbonyl (C=O) groups is 2. The van der Waals surface area contributed by atoms with Gasteiger partial charge < -0.3 is 4.89 Å². The van der Waals surface area contributed by atoms with Gasteiger partial charge in [0.25, 0.3) is 0 Å². The molecule has 0 aromatic carbocycles. The monoisotopic (exact) mass is 204 g/mol. The van der Waals surface area contributed by atoms with Crippen LogP contribution in [0.5, 0.6) is 0 Å². The molecular formula is C8H12O6. The Morgan fingerprint density at radius 1 is 1.14 bits per heavy atom. The molecule has 0 aromatic rings. The zero-order valence-corrected chi connectivity index (χ0v) is 7.51. The maximum atomic E-state index is 10.4. The van der Waals surface area contributed by atoms with Crippen molar-refractivity contribution in [2.75, 3.05) is 0 Å². The van der Waals surface area contributed by atoms with Crippen molar-refractivity contribution in [1.29, 1.82) is 0 Å². The zero-order chi connectivity index (χ0) is 10.8. The first kappa shape index (κ1) is 12.6. The van der Waals surface area contributed by atoms with Crippen LogP contribution in [0.2, 0.25) is 0 Å². The first-order valence-corrected chi connectivity index (χ1v) is 4.07. The molecule has 0 saturated heterocycles. The van der Waals surface area contributed by atoms with Crippen LogP contribution in [-0.2, 0) is 19.4 Å². The van der Waals surface area contributed by atoms with Gasteiger partial charge >= 0.3 is 11.9 Å². The van der Waals surface area contributed by atoms with Crippen molar-refractivity contribution in [3.05, 3.63) is 12.2 Å². The first-order valence-electron chi connectivity index (χ1n) is 4.07. The molecule has 0 aliphatic carbocycles. The molecule has 14 heavy (non-hydrogen) atoms. The summed E-state index contributed by atoms with van der Waals surface area (Å²) in [5.74, 6) is -1.51. The van der Waals surface area contributed by atoms with E-state index in [0.29, 0.717) is 19.3 Å². The molecule has 0 bridgehead atoms. The molecule has 0 aliphatic rings. The molecule has 0 radical (unpaired) electrons. The lowest BCUT2D eigenvalue weighted by atomic mass is 10.2. The van der Waals surface area contributed by atoms with Crippen LogP contribution in [0.25, 0.3) is 0 Å². The molecule has 6 heteroatoms. The van der Waals surface area contributed by atoms with Gasteiger partial charge in [0.1, 0.15) is 0 Å². The molecule has 2 N–H and O–H groups in total. The minimum absolute atomic E-state index is 0.134. The van der Waals surface area contributed by atoms with E-state index in [2.05, 4.69) is 9.78 Å². The fraction of sp³-hybridized carbons (Fsp3) is 0.500. The van der Waals surface area contributed by atoms with Crippen LogP contribution in [0.3, 0.4) is 0 Å². The summed E-state index contributed by atoms with van der Waals surface area (Å²) < 4.78 is 0. The van der Waals surface area contributed by atoms with Crippen molar-refractivity contribution >= 4 is 11.9 Å². The van der Waals surface area contributed by atoms with Crippen molar-refractivity contribution in [2.45, 2.75) is 25.7 Å². The van der Waals surface area contributed by atoms with Gasteiger partial charge in [0.2, 0.25) is 0 Å². The summed E-state index contributed by atoms with van der Waals surface area (Å²) in [4.78, 5) is 27.6. The van der Waals surface area contributed by atoms with E-state index in [4.69, 9.17) is 10.5 Å². The van der Waals surface area contributed by atoms with Crippen molar-refractivity contribution in [1.82, 2.24) is 0 Å². The Labute approximate surface area is 80.6 Å². The van der Waals surface area contributed by atoms with Gasteiger partial charge in [-0.3, -0.25) is 4.89 Å². The van der Waals surface area contributed by atoms with E-state index in [1.165, 1.54) is 6.08 Å². The number of rotatable bonds is 6. The van der Waals surface area contributed by atoms with E-state index in [0.717, 1.165) is 6.08 Å². The molecule has 0 amide bonds. The number of hydrogen-bond acceptors (Lipinski definition) is 6. The van der Waals surface area contributed by atoms with Crippen molar-refractivity contribution < 1.29 is 29.9 Å². The highest BCUT2D eigenvalue weighted by Gasteiger charge is 2.00. The highest BCUT2D eigenvalue weighted by atomic mass is 17.1. The molecule has 0 spiro atoms. The lowest BCUT2D eigenvalue weighted by Crippen LogP contribution is -1.99. The zero-order valence-electron chi connectivity index (χ0n) is 7.51. The molecule has 0 heterocycles. The molecule has 0 rings (SSSR count). The molecule has 0 unspecified atom stereocenters. The Bertz CT molecular complexity index is 210. The van der Waals surface area contributed by atoms with E-state index in [9.17, 15) is 9.59 Å². The predicted molar refractivity (Wildman–Crippen MR) is 45.0 cm³/mol. The summed E-state index contributed by atoms with van der Waals surface area (Å²) in [6.45, 7) is 0. The average Bonchev–Trinajstić information content (AvgIpc) is 2.22. The van der Waals surface area contributed by atoms with Gasteiger partial charge in [-0.05, 0) is 19.3 Å². The van der Waals surface area contributed by atoms with Crippen LogP contribution in [-0.4, -0.2) is 22.5 Å². The van der Waals surface area contributed by atoms with Crippen LogP contribution in [0, 0.1) is 0 Å². The summed E-state index contributed by atoms with van der Waals surface area (Å²) >= 11 is 0. The van der Waals surface area contributed by atoms with Crippen LogP contribution in [0.15, 0.2) is 12.2 Å². The topological polar surface area (TPSA) is 93.1 Å². The van der Waals surface area contributed by atoms with Gasteiger partial charge in [0, 0.05) is 12.5 Å². The molecule has 0 aromatic heterocycles. The lowest BCUT2D eigenvalue weighted by molar-refractivity contribution is -0.234. The smallest absolute Gasteiger partial charge is 0.301 e. The van der Waals surface area contributed by atoms with Crippen molar-refractivity contribution in [2.24, 2.45) is 0 Å². The third-order valence-electron chi connectivity index (χ3n) is 1.45. The minimum Gasteiger partial charge on any atom is -0.301 e. The largest absolute Gasteiger partial charge is 0.365 e. The number of unbranched alkanes of at least 4 members (excludes halogenated alkanes) is 2. The SMILES string of the molecule is O=C(C=CCCCCC(=O)OO)OO. The van der Waals surface area contributed by atoms with E-state index < -0.39 is 11.9 Å². The number of carbonyl (C=O) groups excluding carboxylic acids is 2. The second-order valence-electron chi connectivity index (χ2n) is 2.52.